The molecule has 1 N–H and O–H groups in total. The molecule has 0 fully saturated rings. The van der Waals surface area contributed by atoms with E-state index in [0.29, 0.717) is 39.1 Å². The molecule has 0 spiro atoms. The molecule has 2 heterocycles. The van der Waals surface area contributed by atoms with Crippen molar-refractivity contribution in [2.75, 3.05) is 0 Å². The molecule has 2 aromatic heterocycles. The van der Waals surface area contributed by atoms with Crippen molar-refractivity contribution in [1.82, 2.24) is 14.5 Å². The van der Waals surface area contributed by atoms with Crippen molar-refractivity contribution in [1.29, 1.82) is 0 Å². The van der Waals surface area contributed by atoms with E-state index in [-0.39, 0.29) is 66.9 Å². The standard InChI is InChI=1S/C59H62N3O.Pt/c1-36(2)41-32-50(38(5)6)56(63)51(33-41)57-61-55-46(42-29-43(31-44(30-42)58(7,8)9)53-34-40(27-28-60-53)39-19-14-13-15-20-39)22-18-24-54(55)62(57)45-25-26-47(49(35-45)37(3)4)48-21-16-17-23-52(48)59(10,11)12;/h13-28,30-38,63H,1-12H3;/q-1;/i13D,14D,15D,19D,20D,27D,28D,34D,37D;. The zero-order valence-corrected chi connectivity index (χ0v) is 41.1. The molecule has 0 atom stereocenters. The summed E-state index contributed by atoms with van der Waals surface area (Å²) >= 11 is 0. The van der Waals surface area contributed by atoms with Gasteiger partial charge in [-0.2, -0.15) is 0 Å². The Hall–Kier alpha value is -5.57. The fraction of sp³-hybridized carbons (Fsp3) is 0.288. The van der Waals surface area contributed by atoms with Crippen molar-refractivity contribution in [3.05, 3.63) is 167 Å². The Labute approximate surface area is 408 Å². The Kier molecular flexibility index (Phi) is 10.1. The molecule has 0 amide bonds. The molecular weight excluding hydrogens is 962 g/mol. The van der Waals surface area contributed by atoms with Gasteiger partial charge in [-0.1, -0.05) is 179 Å². The number of pyridine rings is 1. The average molecular weight is 1030 g/mol. The summed E-state index contributed by atoms with van der Waals surface area (Å²) < 4.78 is 81.2. The van der Waals surface area contributed by atoms with Crippen LogP contribution in [-0.2, 0) is 31.9 Å². The number of hydrogen-bond donors (Lipinski definition) is 1. The Morgan fingerprint density at radius 2 is 1.38 bits per heavy atom. The Balaban J connectivity index is 0.00000780. The number of phenolic OH excluding ortho intramolecular Hbond substituents is 1. The molecule has 8 rings (SSSR count). The van der Waals surface area contributed by atoms with E-state index in [1.165, 1.54) is 5.56 Å². The van der Waals surface area contributed by atoms with Gasteiger partial charge in [0.15, 0.2) is 0 Å². The van der Waals surface area contributed by atoms with Crippen LogP contribution in [0.1, 0.15) is 141 Å². The van der Waals surface area contributed by atoms with E-state index in [1.54, 1.807) is 0 Å². The van der Waals surface area contributed by atoms with Gasteiger partial charge in [-0.25, -0.2) is 4.98 Å². The SMILES string of the molecule is [2H]c1nc(-c2[c-]c(-c3cccc4c3nc(-c3cc(C(C)C)cc(C(C)C)c3O)n4-c3ccc(-c4ccccc4C(C)(C)C)c(C([2H])(C)C)c3)cc(C(C)(C)C)c2)c([2H])c(-c2c([2H])c([2H])c([2H])c([2H])c2[2H])c1[2H].[Pt]. The Morgan fingerprint density at radius 3 is 2.05 bits per heavy atom. The van der Waals surface area contributed by atoms with Crippen molar-refractivity contribution in [3.63, 3.8) is 0 Å². The molecule has 5 heteroatoms. The van der Waals surface area contributed by atoms with Gasteiger partial charge in [0.2, 0.25) is 0 Å². The molecule has 0 bridgehead atoms. The maximum atomic E-state index is 12.3. The van der Waals surface area contributed by atoms with Crippen molar-refractivity contribution in [3.8, 4) is 67.5 Å². The van der Waals surface area contributed by atoms with Gasteiger partial charge in [0.25, 0.3) is 0 Å². The van der Waals surface area contributed by atoms with Crippen molar-refractivity contribution in [2.24, 2.45) is 0 Å². The third-order valence-electron chi connectivity index (χ3n) is 11.8. The molecule has 0 saturated carbocycles. The van der Waals surface area contributed by atoms with Crippen LogP contribution in [0.25, 0.3) is 72.7 Å². The molecule has 0 aliphatic carbocycles. The van der Waals surface area contributed by atoms with Crippen molar-refractivity contribution < 1.29 is 38.5 Å². The summed E-state index contributed by atoms with van der Waals surface area (Å²) in [6.45, 7) is 24.9. The van der Waals surface area contributed by atoms with Crippen molar-refractivity contribution in [2.45, 2.75) is 112 Å². The van der Waals surface area contributed by atoms with E-state index in [0.717, 1.165) is 39.1 Å². The van der Waals surface area contributed by atoms with Gasteiger partial charge in [0.05, 0.1) is 27.6 Å². The summed E-state index contributed by atoms with van der Waals surface area (Å²) in [5.74, 6) is -0.295. The van der Waals surface area contributed by atoms with Crippen LogP contribution in [0.5, 0.6) is 5.75 Å². The van der Waals surface area contributed by atoms with Crippen LogP contribution >= 0.6 is 0 Å². The number of benzene rings is 6. The predicted octanol–water partition coefficient (Wildman–Crippen LogP) is 16.2. The molecular formula is C59H62N3OPt-. The van der Waals surface area contributed by atoms with Gasteiger partial charge in [0, 0.05) is 40.0 Å². The van der Waals surface area contributed by atoms with Gasteiger partial charge in [-0.15, -0.1) is 29.3 Å². The molecule has 0 saturated heterocycles. The Morgan fingerprint density at radius 1 is 0.672 bits per heavy atom. The van der Waals surface area contributed by atoms with E-state index in [1.807, 2.05) is 77.1 Å². The number of phenols is 1. The minimum Gasteiger partial charge on any atom is -0.507 e. The van der Waals surface area contributed by atoms with Gasteiger partial charge in [-0.3, -0.25) is 9.55 Å². The van der Waals surface area contributed by atoms with Gasteiger partial charge < -0.3 is 5.11 Å². The fourth-order valence-electron chi connectivity index (χ4n) is 8.30. The molecule has 0 radical (unpaired) electrons. The molecule has 4 nitrogen and oxygen atoms in total. The summed E-state index contributed by atoms with van der Waals surface area (Å²) in [6, 6.07) is 27.9. The first kappa shape index (κ1) is 35.7. The van der Waals surface area contributed by atoms with Gasteiger partial charge >= 0.3 is 0 Å². The summed E-state index contributed by atoms with van der Waals surface area (Å²) in [4.78, 5) is 9.93. The zero-order chi connectivity index (χ0) is 52.8. The summed E-state index contributed by atoms with van der Waals surface area (Å²) in [7, 11) is 0. The van der Waals surface area contributed by atoms with Crippen LogP contribution in [0.15, 0.2) is 133 Å². The van der Waals surface area contributed by atoms with Crippen LogP contribution in [-0.4, -0.2) is 19.6 Å². The normalized spacial score (nSPS) is 14.2. The summed E-state index contributed by atoms with van der Waals surface area (Å²) in [5.41, 5.74) is 9.45. The molecule has 64 heavy (non-hydrogen) atoms. The van der Waals surface area contributed by atoms with Crippen LogP contribution in [0, 0.1) is 6.07 Å². The van der Waals surface area contributed by atoms with E-state index in [2.05, 4.69) is 107 Å². The van der Waals surface area contributed by atoms with E-state index >= 15 is 0 Å². The minimum absolute atomic E-state index is 0. The Bertz CT molecular complexity index is 3460. The van der Waals surface area contributed by atoms with Crippen LogP contribution in [0.2, 0.25) is 0 Å². The molecule has 6 aromatic carbocycles. The summed E-state index contributed by atoms with van der Waals surface area (Å²) in [5, 5.41) is 12.3. The second kappa shape index (κ2) is 18.1. The first-order chi connectivity index (χ1) is 33.5. The third-order valence-corrected chi connectivity index (χ3v) is 11.8. The monoisotopic (exact) mass is 1030 g/mol. The second-order valence-corrected chi connectivity index (χ2v) is 19.4. The molecule has 0 aliphatic rings. The molecule has 8 aromatic rings. The number of hydrogen-bond acceptors (Lipinski definition) is 3. The van der Waals surface area contributed by atoms with E-state index in [9.17, 15) is 7.85 Å². The van der Waals surface area contributed by atoms with Crippen LogP contribution in [0.4, 0.5) is 0 Å². The third kappa shape index (κ3) is 9.05. The number of nitrogens with zero attached hydrogens (tertiary/aromatic N) is 3. The number of aromatic hydroxyl groups is 1. The predicted molar refractivity (Wildman–Crippen MR) is 266 cm³/mol. The number of imidazole rings is 1. The average Bonchev–Trinajstić information content (AvgIpc) is 3.71. The molecule has 330 valence electrons. The van der Waals surface area contributed by atoms with Gasteiger partial charge in [0.1, 0.15) is 11.6 Å². The fourth-order valence-corrected chi connectivity index (χ4v) is 8.30. The maximum absolute atomic E-state index is 12.3. The van der Waals surface area contributed by atoms with Crippen LogP contribution in [0.3, 0.4) is 0 Å². The largest absolute Gasteiger partial charge is 0.507 e. The minimum atomic E-state index is -1.04. The topological polar surface area (TPSA) is 50.9 Å². The number of rotatable bonds is 9. The zero-order valence-electron chi connectivity index (χ0n) is 47.8. The molecule has 0 aliphatic heterocycles. The first-order valence-corrected chi connectivity index (χ1v) is 21.8. The van der Waals surface area contributed by atoms with Crippen molar-refractivity contribution >= 4 is 11.0 Å². The maximum Gasteiger partial charge on any atom is 0.148 e. The first-order valence-electron chi connectivity index (χ1n) is 26.3. The van der Waals surface area contributed by atoms with Gasteiger partial charge in [-0.05, 0) is 103 Å². The van der Waals surface area contributed by atoms with Crippen LogP contribution < -0.4 is 0 Å². The second-order valence-electron chi connectivity index (χ2n) is 19.4. The smallest absolute Gasteiger partial charge is 0.148 e. The van der Waals surface area contributed by atoms with E-state index < -0.39 is 53.7 Å². The molecule has 0 unspecified atom stereocenters. The number of aromatic nitrogens is 3. The quantitative estimate of drug-likeness (QED) is 0.147. The summed E-state index contributed by atoms with van der Waals surface area (Å²) in [6.07, 6.45) is -0.531. The number of para-hydroxylation sites is 1. The number of fused-ring (bicyclic) bond motifs is 1. The van der Waals surface area contributed by atoms with E-state index in [4.69, 9.17) is 14.6 Å².